The Balaban J connectivity index is -0.0000000600. The molecule has 0 unspecified atom stereocenters. The van der Waals surface area contributed by atoms with Crippen molar-refractivity contribution in [1.29, 1.82) is 0 Å². The van der Waals surface area contributed by atoms with Crippen molar-refractivity contribution in [2.45, 2.75) is 0 Å². The Morgan fingerprint density at radius 3 is 0.500 bits per heavy atom. The topological polar surface area (TPSA) is 105 Å². The molecule has 0 rings (SSSR count). The molecule has 0 aliphatic carbocycles. The van der Waals surface area contributed by atoms with Crippen LogP contribution >= 0.6 is 58.1 Å². The molecular formula is H9Cl6N3Rh. The third kappa shape index (κ3) is 174. The van der Waals surface area contributed by atoms with E-state index in [4.69, 9.17) is 58.1 Å². The molecule has 0 atom stereocenters. The minimum atomic E-state index is -5.15. The van der Waals surface area contributed by atoms with E-state index in [1.165, 1.54) is 0 Å². The molecule has 0 bridgehead atoms. The van der Waals surface area contributed by atoms with E-state index in [0.717, 1.165) is 0 Å². The average Bonchev–Trinajstić information content (AvgIpc) is 0.592. The fraction of sp³-hybridized carbons (Fsp3) is 0. The molecule has 3 nitrogen and oxygen atoms in total. The van der Waals surface area contributed by atoms with Gasteiger partial charge in [-0.05, 0) is 0 Å². The van der Waals surface area contributed by atoms with Crippen LogP contribution in [-0.2, 0) is 6.48 Å². The van der Waals surface area contributed by atoms with E-state index in [1.807, 2.05) is 0 Å². The van der Waals surface area contributed by atoms with Crippen molar-refractivity contribution in [3.8, 4) is 0 Å². The summed E-state index contributed by atoms with van der Waals surface area (Å²) in [6.45, 7) is -5.15. The van der Waals surface area contributed by atoms with Gasteiger partial charge in [-0.25, -0.2) is 0 Å². The van der Waals surface area contributed by atoms with E-state index in [2.05, 4.69) is 0 Å². The van der Waals surface area contributed by atoms with Gasteiger partial charge < -0.3 is 18.5 Å². The van der Waals surface area contributed by atoms with Gasteiger partial charge in [0.05, 0.1) is 0 Å². The first kappa shape index (κ1) is 22.8. The van der Waals surface area contributed by atoms with Crippen LogP contribution in [0.25, 0.3) is 0 Å². The molecule has 9 N–H and O–H groups in total. The molecule has 75 valence electrons. The maximum absolute atomic E-state index is 5.15. The summed E-state index contributed by atoms with van der Waals surface area (Å²) in [6, 6.07) is 0. The molecular weight excluding hydrogens is 358 g/mol. The summed E-state index contributed by atoms with van der Waals surface area (Å²) in [7, 11) is 30.2. The van der Waals surface area contributed by atoms with Gasteiger partial charge in [0.1, 0.15) is 0 Å². The Hall–Kier alpha value is 2.24. The Bertz CT molecular complexity index is 71.6. The molecule has 0 spiro atoms. The van der Waals surface area contributed by atoms with Crippen molar-refractivity contribution in [3.05, 3.63) is 0 Å². The zero-order chi connectivity index (χ0) is 6.41. The zero-order valence-corrected chi connectivity index (χ0v) is 10.9. The fourth-order valence-corrected chi connectivity index (χ4v) is 0. The van der Waals surface area contributed by atoms with Gasteiger partial charge in [0.15, 0.2) is 0 Å². The van der Waals surface area contributed by atoms with Gasteiger partial charge in [0.25, 0.3) is 0 Å². The maximum atomic E-state index is 5.04. The molecule has 0 aliphatic heterocycles. The molecule has 10 heteroatoms. The predicted octanol–water partition coefficient (Wildman–Crippen LogP) is 4.62. The van der Waals surface area contributed by atoms with Crippen LogP contribution in [0.2, 0.25) is 0 Å². The van der Waals surface area contributed by atoms with Crippen molar-refractivity contribution in [3.63, 3.8) is 0 Å². The van der Waals surface area contributed by atoms with Crippen LogP contribution < -0.4 is 18.5 Å². The summed E-state index contributed by atoms with van der Waals surface area (Å²) in [5, 5.41) is 0. The summed E-state index contributed by atoms with van der Waals surface area (Å²) in [6.07, 6.45) is 0. The summed E-state index contributed by atoms with van der Waals surface area (Å²) in [5.41, 5.74) is 0. The Morgan fingerprint density at radius 2 is 0.500 bits per heavy atom. The van der Waals surface area contributed by atoms with Gasteiger partial charge in [-0.2, -0.15) is 0 Å². The average molecular weight is 367 g/mol. The van der Waals surface area contributed by atoms with E-state index in [1.54, 1.807) is 0 Å². The summed E-state index contributed by atoms with van der Waals surface area (Å²) in [5.74, 6) is 0. The molecule has 10 heavy (non-hydrogen) atoms. The number of hydrogen-bond acceptors (Lipinski definition) is 3. The molecule has 0 saturated carbocycles. The van der Waals surface area contributed by atoms with Crippen LogP contribution in [0.3, 0.4) is 0 Å². The van der Waals surface area contributed by atoms with Crippen molar-refractivity contribution >= 4 is 58.1 Å². The van der Waals surface area contributed by atoms with Crippen LogP contribution in [-0.4, -0.2) is 0 Å². The molecule has 0 aromatic carbocycles. The number of rotatable bonds is 0. The predicted molar refractivity (Wildman–Crippen MR) is 50.2 cm³/mol. The van der Waals surface area contributed by atoms with Gasteiger partial charge in [-0.3, -0.25) is 0 Å². The Kier molecular flexibility index (Phi) is 9.04. The van der Waals surface area contributed by atoms with Gasteiger partial charge in [-0.1, -0.05) is 0 Å². The van der Waals surface area contributed by atoms with Crippen molar-refractivity contribution in [2.24, 2.45) is 0 Å². The van der Waals surface area contributed by atoms with Crippen LogP contribution in [0, 0.1) is 0 Å². The first-order chi connectivity index (χ1) is 2.45. The van der Waals surface area contributed by atoms with Gasteiger partial charge in [-0.15, -0.1) is 0 Å². The molecule has 0 aromatic rings. The molecule has 0 heterocycles. The quantitative estimate of drug-likeness (QED) is 0.544. The van der Waals surface area contributed by atoms with Gasteiger partial charge in [0, 0.05) is 0 Å². The van der Waals surface area contributed by atoms with Crippen LogP contribution in [0.15, 0.2) is 0 Å². The second-order valence-electron chi connectivity index (χ2n) is 0.714. The zero-order valence-electron chi connectivity index (χ0n) is 4.72. The van der Waals surface area contributed by atoms with Gasteiger partial charge >= 0.3 is 64.6 Å². The normalized spacial score (nSPS) is 16.2. The first-order valence-corrected chi connectivity index (χ1v) is 13.4. The Morgan fingerprint density at radius 1 is 0.500 bits per heavy atom. The second-order valence-corrected chi connectivity index (χ2v) is 38.0. The molecule has 0 saturated heterocycles. The molecule has 0 aromatic heterocycles. The van der Waals surface area contributed by atoms with Crippen molar-refractivity contribution in [1.82, 2.24) is 18.5 Å². The van der Waals surface area contributed by atoms with Crippen LogP contribution in [0.4, 0.5) is 0 Å². The van der Waals surface area contributed by atoms with Crippen LogP contribution in [0.5, 0.6) is 0 Å². The second kappa shape index (κ2) is 3.97. The molecule has 0 fully saturated rings. The van der Waals surface area contributed by atoms with E-state index in [-0.39, 0.29) is 18.5 Å². The summed E-state index contributed by atoms with van der Waals surface area (Å²) >= 11 is 0. The SMILES string of the molecule is N.N.N.[Cl][Rh]([Cl])([Cl])([Cl])([Cl])[Cl]. The standard InChI is InChI=1S/6ClH.3H3N.Rh/h6*1H;3*1H3;/q;;;;;;;;;+6/p-6. The summed E-state index contributed by atoms with van der Waals surface area (Å²) < 4.78 is 0. The van der Waals surface area contributed by atoms with E-state index in [9.17, 15) is 0 Å². The van der Waals surface area contributed by atoms with Gasteiger partial charge in [0.2, 0.25) is 0 Å². The molecule has 0 radical (unpaired) electrons. The monoisotopic (exact) mass is 364 g/mol. The van der Waals surface area contributed by atoms with E-state index < -0.39 is 6.48 Å². The first-order valence-electron chi connectivity index (χ1n) is 0.756. The number of halogens is 6. The Labute approximate surface area is 82.3 Å². The molecule has 0 amide bonds. The summed E-state index contributed by atoms with van der Waals surface area (Å²) in [4.78, 5) is 0. The fourth-order valence-electron chi connectivity index (χ4n) is 0. The van der Waals surface area contributed by atoms with Crippen molar-refractivity contribution < 1.29 is 6.48 Å². The third-order valence-electron chi connectivity index (χ3n) is 0. The van der Waals surface area contributed by atoms with Crippen LogP contribution in [0.1, 0.15) is 0 Å². The molecule has 0 aliphatic rings. The van der Waals surface area contributed by atoms with E-state index in [0.29, 0.717) is 0 Å². The van der Waals surface area contributed by atoms with E-state index >= 15 is 0 Å². The third-order valence-corrected chi connectivity index (χ3v) is 0. The van der Waals surface area contributed by atoms with Crippen molar-refractivity contribution in [2.75, 3.05) is 0 Å². The number of hydrogen-bond donors (Lipinski definition) is 3. The minimum absolute atomic E-state index is 0.